The van der Waals surface area contributed by atoms with Gasteiger partial charge in [0, 0.05) is 6.54 Å². The monoisotopic (exact) mass is 384 g/mol. The summed E-state index contributed by atoms with van der Waals surface area (Å²) in [6, 6.07) is 6.70. The summed E-state index contributed by atoms with van der Waals surface area (Å²) in [5.74, 6) is -0.443. The van der Waals surface area contributed by atoms with Crippen LogP contribution in [0.5, 0.6) is 5.75 Å². The van der Waals surface area contributed by atoms with Gasteiger partial charge in [0.1, 0.15) is 18.4 Å². The predicted octanol–water partition coefficient (Wildman–Crippen LogP) is 0.457. The molecule has 9 heteroatoms. The molecule has 144 valence electrons. The Balaban J connectivity index is 1.67. The highest BCUT2D eigenvalue weighted by atomic mass is 32.2. The zero-order valence-electron chi connectivity index (χ0n) is 14.9. The Bertz CT molecular complexity index is 749. The van der Waals surface area contributed by atoms with Gasteiger partial charge in [0.25, 0.3) is 5.91 Å². The van der Waals surface area contributed by atoms with Gasteiger partial charge in [0.05, 0.1) is 12.8 Å². The summed E-state index contributed by atoms with van der Waals surface area (Å²) < 4.78 is 34.8. The van der Waals surface area contributed by atoms with Crippen LogP contribution in [0.25, 0.3) is 0 Å². The quantitative estimate of drug-likeness (QED) is 0.516. The van der Waals surface area contributed by atoms with Crippen molar-refractivity contribution in [3.05, 3.63) is 29.8 Å². The highest BCUT2D eigenvalue weighted by Crippen LogP contribution is 2.21. The Morgan fingerprint density at radius 1 is 1.35 bits per heavy atom. The summed E-state index contributed by atoms with van der Waals surface area (Å²) in [5.41, 5.74) is 1.08. The molecule has 1 amide bonds. The summed E-state index contributed by atoms with van der Waals surface area (Å²) in [5, 5.41) is 2.58. The number of ether oxygens (including phenoxy) is 2. The fraction of sp³-hybridized carbons (Fsp3) is 0.529. The molecule has 0 aromatic heterocycles. The number of esters is 1. The Morgan fingerprint density at radius 3 is 2.81 bits per heavy atom. The Kier molecular flexibility index (Phi) is 6.98. The van der Waals surface area contributed by atoms with Gasteiger partial charge in [-0.1, -0.05) is 12.1 Å². The van der Waals surface area contributed by atoms with Crippen molar-refractivity contribution < 1.29 is 27.5 Å². The Hall–Kier alpha value is -2.13. The van der Waals surface area contributed by atoms with Crippen LogP contribution < -0.4 is 10.1 Å². The maximum Gasteiger partial charge on any atom is 0.324 e. The zero-order valence-corrected chi connectivity index (χ0v) is 15.8. The van der Waals surface area contributed by atoms with E-state index >= 15 is 0 Å². The fourth-order valence-corrected chi connectivity index (χ4v) is 3.84. The van der Waals surface area contributed by atoms with Gasteiger partial charge in [-0.25, -0.2) is 8.42 Å². The molecule has 26 heavy (non-hydrogen) atoms. The van der Waals surface area contributed by atoms with Crippen molar-refractivity contribution in [3.8, 4) is 5.75 Å². The lowest BCUT2D eigenvalue weighted by atomic mass is 10.2. The van der Waals surface area contributed by atoms with Crippen LogP contribution in [-0.2, 0) is 24.3 Å². The van der Waals surface area contributed by atoms with E-state index in [1.54, 1.807) is 0 Å². The number of sulfonamides is 1. The van der Waals surface area contributed by atoms with E-state index in [4.69, 9.17) is 9.47 Å². The van der Waals surface area contributed by atoms with Crippen molar-refractivity contribution in [2.24, 2.45) is 0 Å². The molecule has 0 unspecified atom stereocenters. The summed E-state index contributed by atoms with van der Waals surface area (Å²) in [6.45, 7) is 2.35. The van der Waals surface area contributed by atoms with Crippen molar-refractivity contribution in [2.45, 2.75) is 25.8 Å². The topological polar surface area (TPSA) is 102 Å². The van der Waals surface area contributed by atoms with E-state index in [1.807, 2.05) is 31.2 Å². The number of hydrogen-bond donors (Lipinski definition) is 1. The van der Waals surface area contributed by atoms with E-state index in [0.717, 1.165) is 16.1 Å². The molecule has 1 aromatic carbocycles. The van der Waals surface area contributed by atoms with Crippen molar-refractivity contribution >= 4 is 21.9 Å². The number of aryl methyl sites for hydroxylation is 1. The smallest absolute Gasteiger partial charge is 0.324 e. The number of nitrogens with one attached hydrogen (secondary N) is 1. The van der Waals surface area contributed by atoms with Crippen LogP contribution in [-0.4, -0.2) is 63.2 Å². The molecule has 1 atom stereocenters. The molecule has 1 saturated heterocycles. The standard InChI is InChI=1S/C17H24N2O6S/c1-13-5-3-6-14(11-13)24-10-8-18-16(20)12-25-17(21)15-7-4-9-19(15)26(2,22)23/h3,5-6,11,15H,4,7-10,12H2,1-2H3,(H,18,20)/t15-/m0/s1. The molecule has 8 nitrogen and oxygen atoms in total. The maximum atomic E-state index is 12.0. The van der Waals surface area contributed by atoms with Gasteiger partial charge >= 0.3 is 5.97 Å². The first kappa shape index (κ1) is 20.2. The molecular weight excluding hydrogens is 360 g/mol. The lowest BCUT2D eigenvalue weighted by Gasteiger charge is -2.20. The molecule has 1 aromatic rings. The molecule has 1 fully saturated rings. The minimum atomic E-state index is -3.47. The van der Waals surface area contributed by atoms with Crippen molar-refractivity contribution in [3.63, 3.8) is 0 Å². The molecule has 1 N–H and O–H groups in total. The average molecular weight is 384 g/mol. The van der Waals surface area contributed by atoms with E-state index in [1.165, 1.54) is 0 Å². The van der Waals surface area contributed by atoms with Crippen LogP contribution in [0.15, 0.2) is 24.3 Å². The number of benzene rings is 1. The first-order valence-corrected chi connectivity index (χ1v) is 10.2. The molecule has 0 spiro atoms. The van der Waals surface area contributed by atoms with Crippen LogP contribution in [0, 0.1) is 6.92 Å². The van der Waals surface area contributed by atoms with E-state index < -0.39 is 34.5 Å². The van der Waals surface area contributed by atoms with Gasteiger partial charge in [0.2, 0.25) is 10.0 Å². The number of nitrogens with zero attached hydrogens (tertiary/aromatic N) is 1. The number of carbonyl (C=O) groups excluding carboxylic acids is 2. The van der Waals surface area contributed by atoms with Gasteiger partial charge in [-0.05, 0) is 37.5 Å². The first-order valence-electron chi connectivity index (χ1n) is 8.37. The first-order chi connectivity index (χ1) is 12.3. The van der Waals surface area contributed by atoms with Gasteiger partial charge in [0.15, 0.2) is 6.61 Å². The average Bonchev–Trinajstić information content (AvgIpc) is 3.07. The summed E-state index contributed by atoms with van der Waals surface area (Å²) in [7, 11) is -3.47. The third kappa shape index (κ3) is 5.99. The minimum Gasteiger partial charge on any atom is -0.492 e. The third-order valence-electron chi connectivity index (χ3n) is 3.93. The molecule has 0 radical (unpaired) electrons. The van der Waals surface area contributed by atoms with Gasteiger partial charge in [-0.2, -0.15) is 4.31 Å². The number of hydrogen-bond acceptors (Lipinski definition) is 6. The van der Waals surface area contributed by atoms with Crippen molar-refractivity contribution in [2.75, 3.05) is 32.6 Å². The predicted molar refractivity (Wildman–Crippen MR) is 95.2 cm³/mol. The molecule has 0 aliphatic carbocycles. The molecular formula is C17H24N2O6S. The number of amides is 1. The van der Waals surface area contributed by atoms with Gasteiger partial charge < -0.3 is 14.8 Å². The van der Waals surface area contributed by atoms with E-state index in [0.29, 0.717) is 25.1 Å². The molecule has 2 rings (SSSR count). The maximum absolute atomic E-state index is 12.0. The summed E-state index contributed by atoms with van der Waals surface area (Å²) >= 11 is 0. The Labute approximate surface area is 153 Å². The van der Waals surface area contributed by atoms with Gasteiger partial charge in [-0.3, -0.25) is 9.59 Å². The Morgan fingerprint density at radius 2 is 2.12 bits per heavy atom. The van der Waals surface area contributed by atoms with E-state index in [-0.39, 0.29) is 13.2 Å². The summed E-state index contributed by atoms with van der Waals surface area (Å²) in [6.07, 6.45) is 2.05. The van der Waals surface area contributed by atoms with Gasteiger partial charge in [-0.15, -0.1) is 0 Å². The lowest BCUT2D eigenvalue weighted by molar-refractivity contribution is -0.151. The highest BCUT2D eigenvalue weighted by Gasteiger charge is 2.37. The highest BCUT2D eigenvalue weighted by molar-refractivity contribution is 7.88. The minimum absolute atomic E-state index is 0.267. The molecule has 1 heterocycles. The molecule has 0 bridgehead atoms. The largest absolute Gasteiger partial charge is 0.492 e. The summed E-state index contributed by atoms with van der Waals surface area (Å²) in [4.78, 5) is 23.8. The van der Waals surface area contributed by atoms with Crippen LogP contribution >= 0.6 is 0 Å². The molecule has 0 saturated carbocycles. The van der Waals surface area contributed by atoms with Crippen LogP contribution in [0.2, 0.25) is 0 Å². The third-order valence-corrected chi connectivity index (χ3v) is 5.22. The van der Waals surface area contributed by atoms with Crippen molar-refractivity contribution in [1.29, 1.82) is 0 Å². The second kappa shape index (κ2) is 9.00. The van der Waals surface area contributed by atoms with E-state index in [2.05, 4.69) is 5.32 Å². The van der Waals surface area contributed by atoms with Crippen LogP contribution in [0.3, 0.4) is 0 Å². The SMILES string of the molecule is Cc1cccc(OCCNC(=O)COC(=O)[C@@H]2CCCN2S(C)(=O)=O)c1. The second-order valence-electron chi connectivity index (χ2n) is 6.15. The normalized spacial score (nSPS) is 17.7. The lowest BCUT2D eigenvalue weighted by Crippen LogP contribution is -2.42. The van der Waals surface area contributed by atoms with Crippen LogP contribution in [0.4, 0.5) is 0 Å². The number of carbonyl (C=O) groups is 2. The second-order valence-corrected chi connectivity index (χ2v) is 8.09. The van der Waals surface area contributed by atoms with Crippen molar-refractivity contribution in [1.82, 2.24) is 9.62 Å². The number of rotatable bonds is 8. The van der Waals surface area contributed by atoms with E-state index in [9.17, 15) is 18.0 Å². The van der Waals surface area contributed by atoms with Crippen LogP contribution in [0.1, 0.15) is 18.4 Å². The fourth-order valence-electron chi connectivity index (χ4n) is 2.72. The zero-order chi connectivity index (χ0) is 19.2. The molecule has 1 aliphatic rings. The molecule has 1 aliphatic heterocycles.